The van der Waals surface area contributed by atoms with Crippen LogP contribution in [-0.2, 0) is 0 Å². The van der Waals surface area contributed by atoms with Crippen molar-refractivity contribution in [1.29, 1.82) is 0 Å². The van der Waals surface area contributed by atoms with Gasteiger partial charge >= 0.3 is 0 Å². The highest BCUT2D eigenvalue weighted by molar-refractivity contribution is 6.13. The molecule has 0 unspecified atom stereocenters. The monoisotopic (exact) mass is 538 g/mol. The van der Waals surface area contributed by atoms with E-state index in [0.29, 0.717) is 0 Å². The van der Waals surface area contributed by atoms with Crippen molar-refractivity contribution in [1.82, 2.24) is 4.98 Å². The van der Waals surface area contributed by atoms with Crippen LogP contribution in [-0.4, -0.2) is 4.98 Å². The normalized spacial score (nSPS) is 11.3. The van der Waals surface area contributed by atoms with E-state index in [4.69, 9.17) is 4.42 Å². The summed E-state index contributed by atoms with van der Waals surface area (Å²) in [5.41, 5.74) is 9.68. The Morgan fingerprint density at radius 2 is 1.12 bits per heavy atom. The minimum absolute atomic E-state index is 0.832. The summed E-state index contributed by atoms with van der Waals surface area (Å²) < 4.78 is 6.25. The molecule has 0 fully saturated rings. The minimum Gasteiger partial charge on any atom is -0.456 e. The zero-order valence-corrected chi connectivity index (χ0v) is 22.8. The van der Waals surface area contributed by atoms with Crippen LogP contribution in [0.2, 0.25) is 0 Å². The number of anilines is 3. The van der Waals surface area contributed by atoms with Gasteiger partial charge in [-0.2, -0.15) is 0 Å². The van der Waals surface area contributed by atoms with Gasteiger partial charge in [0, 0.05) is 29.2 Å². The summed E-state index contributed by atoms with van der Waals surface area (Å²) >= 11 is 0. The number of furan rings is 1. The molecule has 8 aromatic rings. The topological polar surface area (TPSA) is 29.3 Å². The van der Waals surface area contributed by atoms with E-state index >= 15 is 0 Å². The van der Waals surface area contributed by atoms with Gasteiger partial charge in [-0.15, -0.1) is 0 Å². The molecule has 2 heterocycles. The van der Waals surface area contributed by atoms with E-state index in [1.807, 2.05) is 24.4 Å². The second kappa shape index (κ2) is 10.1. The van der Waals surface area contributed by atoms with Gasteiger partial charge in [0.15, 0.2) is 0 Å². The van der Waals surface area contributed by atoms with Crippen molar-refractivity contribution >= 4 is 49.8 Å². The molecule has 0 saturated carbocycles. The van der Waals surface area contributed by atoms with Crippen LogP contribution >= 0.6 is 0 Å². The van der Waals surface area contributed by atoms with E-state index in [2.05, 4.69) is 137 Å². The van der Waals surface area contributed by atoms with Crippen LogP contribution in [0.1, 0.15) is 0 Å². The number of benzene rings is 6. The van der Waals surface area contributed by atoms with Crippen LogP contribution in [0, 0.1) is 0 Å². The van der Waals surface area contributed by atoms with Crippen LogP contribution in [0.5, 0.6) is 0 Å². The molecule has 3 nitrogen and oxygen atoms in total. The lowest BCUT2D eigenvalue weighted by atomic mass is 10.00. The maximum absolute atomic E-state index is 6.25. The van der Waals surface area contributed by atoms with Crippen molar-refractivity contribution in [3.05, 3.63) is 158 Å². The van der Waals surface area contributed by atoms with Gasteiger partial charge in [-0.3, -0.25) is 4.98 Å². The lowest BCUT2D eigenvalue weighted by molar-refractivity contribution is 0.668. The molecule has 0 bridgehead atoms. The van der Waals surface area contributed by atoms with Gasteiger partial charge in [-0.05, 0) is 81.6 Å². The van der Waals surface area contributed by atoms with Crippen LogP contribution < -0.4 is 4.90 Å². The highest BCUT2D eigenvalue weighted by Crippen LogP contribution is 2.43. The zero-order chi connectivity index (χ0) is 27.9. The van der Waals surface area contributed by atoms with E-state index in [0.717, 1.165) is 39.0 Å². The summed E-state index contributed by atoms with van der Waals surface area (Å²) in [7, 11) is 0. The van der Waals surface area contributed by atoms with Gasteiger partial charge in [-0.1, -0.05) is 97.1 Å². The quantitative estimate of drug-likeness (QED) is 0.218. The minimum atomic E-state index is 0.832. The van der Waals surface area contributed by atoms with Crippen LogP contribution in [0.15, 0.2) is 162 Å². The van der Waals surface area contributed by atoms with Crippen LogP contribution in [0.25, 0.3) is 55.0 Å². The summed E-state index contributed by atoms with van der Waals surface area (Å²) in [5.74, 6) is 0. The predicted octanol–water partition coefficient (Wildman–Crippen LogP) is 10.9. The van der Waals surface area contributed by atoms with E-state index in [9.17, 15) is 0 Å². The van der Waals surface area contributed by atoms with E-state index < -0.39 is 0 Å². The van der Waals surface area contributed by atoms with Crippen molar-refractivity contribution in [2.45, 2.75) is 0 Å². The second-order valence-corrected chi connectivity index (χ2v) is 10.5. The summed E-state index contributed by atoms with van der Waals surface area (Å²) in [5, 5.41) is 4.44. The van der Waals surface area contributed by atoms with Crippen molar-refractivity contribution in [3.63, 3.8) is 0 Å². The Balaban J connectivity index is 1.31. The molecule has 0 aliphatic heterocycles. The molecular formula is C39H26N2O. The third-order valence-electron chi connectivity index (χ3n) is 7.94. The summed E-state index contributed by atoms with van der Waals surface area (Å²) in [6.07, 6.45) is 3.67. The Kier molecular flexibility index (Phi) is 5.79. The van der Waals surface area contributed by atoms with Gasteiger partial charge in [0.2, 0.25) is 0 Å². The molecule has 0 amide bonds. The van der Waals surface area contributed by atoms with Gasteiger partial charge in [-0.25, -0.2) is 0 Å². The highest BCUT2D eigenvalue weighted by atomic mass is 16.3. The lowest BCUT2D eigenvalue weighted by Crippen LogP contribution is -2.10. The van der Waals surface area contributed by atoms with Crippen LogP contribution in [0.3, 0.4) is 0 Å². The molecule has 0 N–H and O–H groups in total. The van der Waals surface area contributed by atoms with E-state index in [1.165, 1.54) is 33.0 Å². The molecule has 6 aromatic carbocycles. The molecular weight excluding hydrogens is 512 g/mol. The van der Waals surface area contributed by atoms with Crippen molar-refractivity contribution in [3.8, 4) is 22.3 Å². The average molecular weight is 539 g/mol. The molecule has 0 atom stereocenters. The highest BCUT2D eigenvalue weighted by Gasteiger charge is 2.20. The smallest absolute Gasteiger partial charge is 0.138 e. The van der Waals surface area contributed by atoms with Crippen molar-refractivity contribution in [2.75, 3.05) is 4.90 Å². The van der Waals surface area contributed by atoms with Crippen LogP contribution in [0.4, 0.5) is 17.1 Å². The fraction of sp³-hybridized carbons (Fsp3) is 0. The first-order chi connectivity index (χ1) is 20.8. The Labute approximate surface area is 243 Å². The maximum atomic E-state index is 6.25. The molecule has 0 aliphatic rings. The molecule has 0 saturated heterocycles. The number of nitrogens with zero attached hydrogens (tertiary/aromatic N) is 2. The fourth-order valence-corrected chi connectivity index (χ4v) is 5.88. The largest absolute Gasteiger partial charge is 0.456 e. The number of pyridine rings is 1. The molecule has 42 heavy (non-hydrogen) atoms. The summed E-state index contributed by atoms with van der Waals surface area (Å²) in [6.45, 7) is 0. The average Bonchev–Trinajstić information content (AvgIpc) is 3.45. The fourth-order valence-electron chi connectivity index (χ4n) is 5.88. The molecule has 8 rings (SSSR count). The van der Waals surface area contributed by atoms with E-state index in [-0.39, 0.29) is 0 Å². The first-order valence-electron chi connectivity index (χ1n) is 14.1. The Bertz CT molecular complexity index is 2180. The Morgan fingerprint density at radius 3 is 1.90 bits per heavy atom. The number of aromatic nitrogens is 1. The van der Waals surface area contributed by atoms with Gasteiger partial charge in [0.1, 0.15) is 11.2 Å². The van der Waals surface area contributed by atoms with Crippen molar-refractivity contribution in [2.24, 2.45) is 0 Å². The Hall–Kier alpha value is -5.67. The SMILES string of the molecule is c1ccc(-c2ccc(N(c3ccc4cc(-c5ccccc5)ccc4c3)c3cccc4oc5ccncc5c34)cc2)cc1. The summed E-state index contributed by atoms with van der Waals surface area (Å²) in [6, 6.07) is 51.4. The van der Waals surface area contributed by atoms with Crippen molar-refractivity contribution < 1.29 is 4.42 Å². The molecule has 0 radical (unpaired) electrons. The predicted molar refractivity (Wildman–Crippen MR) is 175 cm³/mol. The Morgan fingerprint density at radius 1 is 0.476 bits per heavy atom. The van der Waals surface area contributed by atoms with Gasteiger partial charge < -0.3 is 9.32 Å². The number of rotatable bonds is 5. The second-order valence-electron chi connectivity index (χ2n) is 10.5. The van der Waals surface area contributed by atoms with Gasteiger partial charge in [0.05, 0.1) is 11.1 Å². The lowest BCUT2D eigenvalue weighted by Gasteiger charge is -2.27. The van der Waals surface area contributed by atoms with Gasteiger partial charge in [0.25, 0.3) is 0 Å². The molecule has 3 heteroatoms. The third kappa shape index (κ3) is 4.20. The molecule has 2 aromatic heterocycles. The molecule has 0 spiro atoms. The number of hydrogen-bond donors (Lipinski definition) is 0. The summed E-state index contributed by atoms with van der Waals surface area (Å²) in [4.78, 5) is 6.74. The molecule has 198 valence electrons. The first kappa shape index (κ1) is 24.2. The number of fused-ring (bicyclic) bond motifs is 4. The standard InChI is InChI=1S/C39H26N2O/c1-3-8-27(9-4-1)29-16-19-33(20-17-29)41(36-12-7-13-38-39(36)35-26-40-23-22-37(35)42-38)34-21-18-31-24-30(14-15-32(31)25-34)28-10-5-2-6-11-28/h1-26H. The maximum Gasteiger partial charge on any atom is 0.138 e. The first-order valence-corrected chi connectivity index (χ1v) is 14.1. The third-order valence-corrected chi connectivity index (χ3v) is 7.94. The number of hydrogen-bond acceptors (Lipinski definition) is 3. The van der Waals surface area contributed by atoms with E-state index in [1.54, 1.807) is 6.20 Å². The zero-order valence-electron chi connectivity index (χ0n) is 22.8. The molecule has 0 aliphatic carbocycles.